The molecule has 2 aliphatic rings. The molecule has 20 heavy (non-hydrogen) atoms. The molecular formula is C17H23NO2. The lowest BCUT2D eigenvalue weighted by Gasteiger charge is -2.18. The molecule has 0 N–H and O–H groups in total. The summed E-state index contributed by atoms with van der Waals surface area (Å²) in [6.07, 6.45) is 4.62. The van der Waals surface area contributed by atoms with Crippen LogP contribution in [0.5, 0.6) is 0 Å². The second-order valence-electron chi connectivity index (χ2n) is 6.17. The van der Waals surface area contributed by atoms with Crippen LogP contribution in [0.3, 0.4) is 0 Å². The molecule has 2 fully saturated rings. The number of hydrogen-bond acceptors (Lipinski definition) is 3. The van der Waals surface area contributed by atoms with E-state index in [2.05, 4.69) is 17.0 Å². The predicted octanol–water partition coefficient (Wildman–Crippen LogP) is 2.63. The van der Waals surface area contributed by atoms with E-state index in [1.807, 2.05) is 12.1 Å². The maximum absolute atomic E-state index is 11.5. The number of likely N-dealkylation sites (tertiary alicyclic amines) is 1. The second kappa shape index (κ2) is 5.96. The monoisotopic (exact) mass is 273 g/mol. The number of benzene rings is 1. The van der Waals surface area contributed by atoms with Gasteiger partial charge >= 0.3 is 5.97 Å². The Morgan fingerprint density at radius 2 is 1.85 bits per heavy atom. The standard InChI is InChI=1S/C17H23NO2/c1-20-17(19)9-13-5-2-3-6-14(13)10-18-11-15-7-4-8-16(15)12-18/h2-3,5-6,15-16H,4,7-12H2,1H3. The van der Waals surface area contributed by atoms with Crippen molar-refractivity contribution in [3.63, 3.8) is 0 Å². The van der Waals surface area contributed by atoms with E-state index in [0.29, 0.717) is 6.42 Å². The van der Waals surface area contributed by atoms with Gasteiger partial charge in [0.1, 0.15) is 0 Å². The summed E-state index contributed by atoms with van der Waals surface area (Å²) in [5, 5.41) is 0. The smallest absolute Gasteiger partial charge is 0.309 e. The summed E-state index contributed by atoms with van der Waals surface area (Å²) in [6, 6.07) is 8.25. The van der Waals surface area contributed by atoms with Crippen molar-refractivity contribution in [2.45, 2.75) is 32.2 Å². The van der Waals surface area contributed by atoms with Crippen LogP contribution in [-0.2, 0) is 22.5 Å². The molecule has 1 aliphatic heterocycles. The third-order valence-electron chi connectivity index (χ3n) is 4.88. The summed E-state index contributed by atoms with van der Waals surface area (Å²) in [6.45, 7) is 3.44. The number of fused-ring (bicyclic) bond motifs is 1. The van der Waals surface area contributed by atoms with Crippen LogP contribution in [0.4, 0.5) is 0 Å². The van der Waals surface area contributed by atoms with Crippen LogP contribution in [0, 0.1) is 11.8 Å². The van der Waals surface area contributed by atoms with E-state index in [4.69, 9.17) is 4.74 Å². The normalized spacial score (nSPS) is 25.6. The van der Waals surface area contributed by atoms with Crippen molar-refractivity contribution in [2.24, 2.45) is 11.8 Å². The van der Waals surface area contributed by atoms with Gasteiger partial charge < -0.3 is 4.74 Å². The van der Waals surface area contributed by atoms with Crippen molar-refractivity contribution in [1.29, 1.82) is 0 Å². The minimum Gasteiger partial charge on any atom is -0.469 e. The van der Waals surface area contributed by atoms with Crippen LogP contribution in [0.15, 0.2) is 24.3 Å². The highest BCUT2D eigenvalue weighted by molar-refractivity contribution is 5.72. The average molecular weight is 273 g/mol. The summed E-state index contributed by atoms with van der Waals surface area (Å²) in [5.74, 6) is 1.68. The molecule has 2 atom stereocenters. The van der Waals surface area contributed by atoms with E-state index in [-0.39, 0.29) is 5.97 Å². The van der Waals surface area contributed by atoms with E-state index < -0.39 is 0 Å². The van der Waals surface area contributed by atoms with Gasteiger partial charge in [0.25, 0.3) is 0 Å². The van der Waals surface area contributed by atoms with Crippen LogP contribution in [0.2, 0.25) is 0 Å². The fourth-order valence-electron chi connectivity index (χ4n) is 3.81. The van der Waals surface area contributed by atoms with Gasteiger partial charge in [-0.05, 0) is 35.8 Å². The molecule has 1 aromatic carbocycles. The molecule has 1 saturated heterocycles. The van der Waals surface area contributed by atoms with E-state index in [9.17, 15) is 4.79 Å². The van der Waals surface area contributed by atoms with E-state index in [1.54, 1.807) is 0 Å². The van der Waals surface area contributed by atoms with E-state index in [0.717, 1.165) is 23.9 Å². The second-order valence-corrected chi connectivity index (χ2v) is 6.17. The highest BCUT2D eigenvalue weighted by Gasteiger charge is 2.35. The van der Waals surface area contributed by atoms with Crippen molar-refractivity contribution < 1.29 is 9.53 Å². The van der Waals surface area contributed by atoms with Crippen molar-refractivity contribution >= 4 is 5.97 Å². The zero-order chi connectivity index (χ0) is 13.9. The average Bonchev–Trinajstić information content (AvgIpc) is 3.01. The summed E-state index contributed by atoms with van der Waals surface area (Å²) in [4.78, 5) is 14.1. The number of hydrogen-bond donors (Lipinski definition) is 0. The zero-order valence-corrected chi connectivity index (χ0v) is 12.2. The number of ether oxygens (including phenoxy) is 1. The van der Waals surface area contributed by atoms with Crippen molar-refractivity contribution in [2.75, 3.05) is 20.2 Å². The number of methoxy groups -OCH3 is 1. The molecule has 0 aromatic heterocycles. The molecule has 0 bridgehead atoms. The first kappa shape index (κ1) is 13.6. The number of carbonyl (C=O) groups is 1. The molecule has 1 aromatic rings. The Kier molecular flexibility index (Phi) is 4.06. The maximum atomic E-state index is 11.5. The van der Waals surface area contributed by atoms with Crippen molar-refractivity contribution in [3.05, 3.63) is 35.4 Å². The predicted molar refractivity (Wildman–Crippen MR) is 78.3 cm³/mol. The Hall–Kier alpha value is -1.35. The first-order valence-electron chi connectivity index (χ1n) is 7.62. The zero-order valence-electron chi connectivity index (χ0n) is 12.2. The third kappa shape index (κ3) is 2.88. The molecule has 0 spiro atoms. The van der Waals surface area contributed by atoms with Gasteiger partial charge in [0.05, 0.1) is 13.5 Å². The van der Waals surface area contributed by atoms with Gasteiger partial charge in [-0.1, -0.05) is 30.7 Å². The number of nitrogens with zero attached hydrogens (tertiary/aromatic N) is 1. The fourth-order valence-corrected chi connectivity index (χ4v) is 3.81. The Morgan fingerprint density at radius 1 is 1.20 bits per heavy atom. The van der Waals surface area contributed by atoms with Crippen molar-refractivity contribution in [3.8, 4) is 0 Å². The largest absolute Gasteiger partial charge is 0.469 e. The fraction of sp³-hybridized carbons (Fsp3) is 0.588. The Morgan fingerprint density at radius 3 is 2.50 bits per heavy atom. The molecule has 1 heterocycles. The molecular weight excluding hydrogens is 250 g/mol. The number of esters is 1. The molecule has 2 unspecified atom stereocenters. The van der Waals surface area contributed by atoms with Gasteiger partial charge in [0, 0.05) is 19.6 Å². The molecule has 1 aliphatic carbocycles. The molecule has 0 amide bonds. The molecule has 0 radical (unpaired) electrons. The lowest BCUT2D eigenvalue weighted by atomic mass is 10.0. The van der Waals surface area contributed by atoms with Gasteiger partial charge in [0.15, 0.2) is 0 Å². The first-order chi connectivity index (χ1) is 9.76. The van der Waals surface area contributed by atoms with E-state index in [1.165, 1.54) is 45.0 Å². The van der Waals surface area contributed by atoms with Crippen LogP contribution in [-0.4, -0.2) is 31.1 Å². The SMILES string of the molecule is COC(=O)Cc1ccccc1CN1CC2CCCC2C1. The number of carbonyl (C=O) groups excluding carboxylic acids is 1. The number of rotatable bonds is 4. The van der Waals surface area contributed by atoms with Crippen LogP contribution < -0.4 is 0 Å². The topological polar surface area (TPSA) is 29.5 Å². The lowest BCUT2D eigenvalue weighted by molar-refractivity contribution is -0.139. The van der Waals surface area contributed by atoms with Gasteiger partial charge in [-0.2, -0.15) is 0 Å². The molecule has 3 nitrogen and oxygen atoms in total. The van der Waals surface area contributed by atoms with E-state index >= 15 is 0 Å². The first-order valence-corrected chi connectivity index (χ1v) is 7.62. The van der Waals surface area contributed by atoms with Gasteiger partial charge in [-0.15, -0.1) is 0 Å². The Bertz CT molecular complexity index is 474. The van der Waals surface area contributed by atoms with Crippen molar-refractivity contribution in [1.82, 2.24) is 4.90 Å². The van der Waals surface area contributed by atoms with Crippen LogP contribution >= 0.6 is 0 Å². The summed E-state index contributed by atoms with van der Waals surface area (Å²) >= 11 is 0. The minimum absolute atomic E-state index is 0.157. The summed E-state index contributed by atoms with van der Waals surface area (Å²) < 4.78 is 4.79. The quantitative estimate of drug-likeness (QED) is 0.790. The van der Waals surface area contributed by atoms with Crippen LogP contribution in [0.1, 0.15) is 30.4 Å². The van der Waals surface area contributed by atoms with Gasteiger partial charge in [0.2, 0.25) is 0 Å². The molecule has 3 heteroatoms. The minimum atomic E-state index is -0.157. The van der Waals surface area contributed by atoms with Crippen LogP contribution in [0.25, 0.3) is 0 Å². The van der Waals surface area contributed by atoms with Gasteiger partial charge in [-0.3, -0.25) is 9.69 Å². The Balaban J connectivity index is 1.66. The molecule has 3 rings (SSSR count). The summed E-state index contributed by atoms with van der Waals surface area (Å²) in [7, 11) is 1.45. The molecule has 108 valence electrons. The lowest BCUT2D eigenvalue weighted by Crippen LogP contribution is -2.22. The molecule has 1 saturated carbocycles. The third-order valence-corrected chi connectivity index (χ3v) is 4.88. The Labute approximate surface area is 120 Å². The summed E-state index contributed by atoms with van der Waals surface area (Å²) in [5.41, 5.74) is 2.38. The highest BCUT2D eigenvalue weighted by Crippen LogP contribution is 2.38. The maximum Gasteiger partial charge on any atom is 0.309 e. The van der Waals surface area contributed by atoms with Gasteiger partial charge in [-0.25, -0.2) is 0 Å². The highest BCUT2D eigenvalue weighted by atomic mass is 16.5.